The molecule has 1 aromatic carbocycles. The standard InChI is InChI=1S/C21H22ClN3O3/c1-12-7-19(27-4)17(14(3)20(12)22)8-16-5-6-18(28-16)21(26)25-11-15-10-23-13(2)9-24-15/h5-7,9-10H,8,11H2,1-4H3,(H,25,26). The molecule has 0 atom stereocenters. The van der Waals surface area contributed by atoms with E-state index in [2.05, 4.69) is 15.3 Å². The minimum absolute atomic E-state index is 0.241. The van der Waals surface area contributed by atoms with Crippen LogP contribution in [0, 0.1) is 20.8 Å². The molecule has 0 saturated carbocycles. The van der Waals surface area contributed by atoms with Crippen molar-refractivity contribution in [1.82, 2.24) is 15.3 Å². The maximum absolute atomic E-state index is 12.3. The number of halogens is 1. The van der Waals surface area contributed by atoms with Gasteiger partial charge in [-0.3, -0.25) is 14.8 Å². The second-order valence-corrected chi connectivity index (χ2v) is 6.97. The molecule has 146 valence electrons. The molecule has 0 aliphatic heterocycles. The van der Waals surface area contributed by atoms with Crippen molar-refractivity contribution < 1.29 is 13.9 Å². The first-order valence-electron chi connectivity index (χ1n) is 8.86. The van der Waals surface area contributed by atoms with Gasteiger partial charge in [-0.2, -0.15) is 0 Å². The zero-order valence-electron chi connectivity index (χ0n) is 16.3. The van der Waals surface area contributed by atoms with Crippen LogP contribution in [0.5, 0.6) is 5.75 Å². The zero-order chi connectivity index (χ0) is 20.3. The summed E-state index contributed by atoms with van der Waals surface area (Å²) in [6.45, 7) is 6.03. The molecule has 3 rings (SSSR count). The predicted molar refractivity (Wildman–Crippen MR) is 107 cm³/mol. The van der Waals surface area contributed by atoms with Crippen LogP contribution in [0.3, 0.4) is 0 Å². The van der Waals surface area contributed by atoms with Gasteiger partial charge in [-0.15, -0.1) is 0 Å². The molecule has 2 heterocycles. The fraction of sp³-hybridized carbons (Fsp3) is 0.286. The van der Waals surface area contributed by atoms with Crippen molar-refractivity contribution in [3.63, 3.8) is 0 Å². The summed E-state index contributed by atoms with van der Waals surface area (Å²) in [6, 6.07) is 5.35. The van der Waals surface area contributed by atoms with Crippen LogP contribution in [0.2, 0.25) is 5.02 Å². The fourth-order valence-corrected chi connectivity index (χ4v) is 3.07. The maximum atomic E-state index is 12.3. The number of aromatic nitrogens is 2. The van der Waals surface area contributed by atoms with Gasteiger partial charge in [-0.1, -0.05) is 11.6 Å². The Kier molecular flexibility index (Phi) is 5.99. The Morgan fingerprint density at radius 3 is 2.68 bits per heavy atom. The molecule has 0 spiro atoms. The Labute approximate surface area is 168 Å². The van der Waals surface area contributed by atoms with Gasteiger partial charge >= 0.3 is 0 Å². The van der Waals surface area contributed by atoms with Crippen molar-refractivity contribution in [2.45, 2.75) is 33.7 Å². The summed E-state index contributed by atoms with van der Waals surface area (Å²) in [4.78, 5) is 20.7. The van der Waals surface area contributed by atoms with E-state index in [1.54, 1.807) is 31.6 Å². The largest absolute Gasteiger partial charge is 0.496 e. The van der Waals surface area contributed by atoms with Crippen molar-refractivity contribution in [2.75, 3.05) is 7.11 Å². The van der Waals surface area contributed by atoms with Crippen molar-refractivity contribution in [3.8, 4) is 5.75 Å². The van der Waals surface area contributed by atoms with Gasteiger partial charge in [0.25, 0.3) is 5.91 Å². The quantitative estimate of drug-likeness (QED) is 0.672. The summed E-state index contributed by atoms with van der Waals surface area (Å²) in [6.07, 6.45) is 3.78. The number of ether oxygens (including phenoxy) is 1. The number of hydrogen-bond donors (Lipinski definition) is 1. The third kappa shape index (κ3) is 4.34. The summed E-state index contributed by atoms with van der Waals surface area (Å²) in [5, 5.41) is 3.49. The first kappa shape index (κ1) is 19.9. The van der Waals surface area contributed by atoms with E-state index >= 15 is 0 Å². The maximum Gasteiger partial charge on any atom is 0.287 e. The average Bonchev–Trinajstić information content (AvgIpc) is 3.16. The van der Waals surface area contributed by atoms with Gasteiger partial charge in [0.05, 0.1) is 31.2 Å². The lowest BCUT2D eigenvalue weighted by atomic mass is 10.0. The van der Waals surface area contributed by atoms with Crippen LogP contribution in [0.15, 0.2) is 35.0 Å². The topological polar surface area (TPSA) is 77.2 Å². The van der Waals surface area contributed by atoms with Gasteiger partial charge in [0, 0.05) is 23.2 Å². The summed E-state index contributed by atoms with van der Waals surface area (Å²) < 4.78 is 11.2. The second kappa shape index (κ2) is 8.44. The highest BCUT2D eigenvalue weighted by atomic mass is 35.5. The Balaban J connectivity index is 1.71. The second-order valence-electron chi connectivity index (χ2n) is 6.59. The smallest absolute Gasteiger partial charge is 0.287 e. The lowest BCUT2D eigenvalue weighted by molar-refractivity contribution is 0.0921. The Hall–Kier alpha value is -2.86. The molecule has 0 aliphatic carbocycles. The van der Waals surface area contributed by atoms with Crippen molar-refractivity contribution in [1.29, 1.82) is 0 Å². The molecule has 2 aromatic heterocycles. The van der Waals surface area contributed by atoms with Gasteiger partial charge in [0.2, 0.25) is 0 Å². The molecule has 1 amide bonds. The Bertz CT molecular complexity index is 997. The highest BCUT2D eigenvalue weighted by Gasteiger charge is 2.17. The van der Waals surface area contributed by atoms with Gasteiger partial charge in [0.15, 0.2) is 5.76 Å². The van der Waals surface area contributed by atoms with E-state index in [-0.39, 0.29) is 18.2 Å². The SMILES string of the molecule is COc1cc(C)c(Cl)c(C)c1Cc1ccc(C(=O)NCc2cnc(C)cn2)o1. The van der Waals surface area contributed by atoms with Crippen molar-refractivity contribution in [3.05, 3.63) is 75.2 Å². The number of carbonyl (C=O) groups is 1. The number of amides is 1. The van der Waals surface area contributed by atoms with Crippen LogP contribution >= 0.6 is 11.6 Å². The van der Waals surface area contributed by atoms with E-state index in [0.29, 0.717) is 22.9 Å². The zero-order valence-corrected chi connectivity index (χ0v) is 17.1. The molecule has 1 N–H and O–H groups in total. The third-order valence-electron chi connectivity index (χ3n) is 4.49. The minimum Gasteiger partial charge on any atom is -0.496 e. The molecule has 6 nitrogen and oxygen atoms in total. The lowest BCUT2D eigenvalue weighted by Crippen LogP contribution is -2.22. The number of benzene rings is 1. The highest BCUT2D eigenvalue weighted by Crippen LogP contribution is 2.33. The molecule has 0 bridgehead atoms. The van der Waals surface area contributed by atoms with Crippen LogP contribution in [0.4, 0.5) is 0 Å². The van der Waals surface area contributed by atoms with E-state index in [1.165, 1.54) is 0 Å². The van der Waals surface area contributed by atoms with Crippen LogP contribution in [-0.2, 0) is 13.0 Å². The number of nitrogens with one attached hydrogen (secondary N) is 1. The first-order valence-corrected chi connectivity index (χ1v) is 9.23. The molecular weight excluding hydrogens is 378 g/mol. The van der Waals surface area contributed by atoms with Gasteiger partial charge in [-0.05, 0) is 50.1 Å². The number of furan rings is 1. The number of methoxy groups -OCH3 is 1. The van der Waals surface area contributed by atoms with Crippen LogP contribution in [-0.4, -0.2) is 23.0 Å². The van der Waals surface area contributed by atoms with Gasteiger partial charge in [0.1, 0.15) is 11.5 Å². The monoisotopic (exact) mass is 399 g/mol. The minimum atomic E-state index is -0.306. The summed E-state index contributed by atoms with van der Waals surface area (Å²) in [5.74, 6) is 1.34. The Morgan fingerprint density at radius 1 is 1.21 bits per heavy atom. The molecule has 3 aromatic rings. The molecule has 7 heteroatoms. The van der Waals surface area contributed by atoms with E-state index in [1.807, 2.05) is 26.8 Å². The molecular formula is C21H22ClN3O3. The van der Waals surface area contributed by atoms with E-state index in [9.17, 15) is 4.79 Å². The van der Waals surface area contributed by atoms with E-state index in [0.717, 1.165) is 28.1 Å². The predicted octanol–water partition coefficient (Wildman–Crippen LogP) is 4.18. The summed E-state index contributed by atoms with van der Waals surface area (Å²) in [5.41, 5.74) is 4.35. The normalized spacial score (nSPS) is 10.8. The first-order chi connectivity index (χ1) is 13.4. The van der Waals surface area contributed by atoms with Gasteiger partial charge in [-0.25, -0.2) is 0 Å². The fourth-order valence-electron chi connectivity index (χ4n) is 2.90. The van der Waals surface area contributed by atoms with Gasteiger partial charge < -0.3 is 14.5 Å². The molecule has 0 unspecified atom stereocenters. The van der Waals surface area contributed by atoms with Crippen molar-refractivity contribution >= 4 is 17.5 Å². The Morgan fingerprint density at radius 2 is 2.00 bits per heavy atom. The molecule has 0 saturated heterocycles. The number of hydrogen-bond acceptors (Lipinski definition) is 5. The molecule has 28 heavy (non-hydrogen) atoms. The number of nitrogens with zero attached hydrogens (tertiary/aromatic N) is 2. The van der Waals surface area contributed by atoms with E-state index in [4.69, 9.17) is 20.8 Å². The average molecular weight is 400 g/mol. The van der Waals surface area contributed by atoms with Crippen LogP contribution in [0.25, 0.3) is 0 Å². The summed E-state index contributed by atoms with van der Waals surface area (Å²) in [7, 11) is 1.63. The third-order valence-corrected chi connectivity index (χ3v) is 5.08. The molecule has 0 aliphatic rings. The van der Waals surface area contributed by atoms with Crippen LogP contribution in [0.1, 0.15) is 44.4 Å². The van der Waals surface area contributed by atoms with E-state index < -0.39 is 0 Å². The van der Waals surface area contributed by atoms with Crippen molar-refractivity contribution in [2.24, 2.45) is 0 Å². The molecule has 0 radical (unpaired) electrons. The lowest BCUT2D eigenvalue weighted by Gasteiger charge is -2.14. The number of carbonyl (C=O) groups excluding carboxylic acids is 1. The van der Waals surface area contributed by atoms with Crippen LogP contribution < -0.4 is 10.1 Å². The molecule has 0 fully saturated rings. The summed E-state index contributed by atoms with van der Waals surface area (Å²) >= 11 is 6.38. The number of rotatable bonds is 6. The highest BCUT2D eigenvalue weighted by molar-refractivity contribution is 6.32. The number of aryl methyl sites for hydroxylation is 2.